The van der Waals surface area contributed by atoms with Gasteiger partial charge in [0.1, 0.15) is 11.4 Å². The van der Waals surface area contributed by atoms with Gasteiger partial charge in [0.25, 0.3) is 5.91 Å². The molecule has 1 aliphatic rings. The lowest BCUT2D eigenvalue weighted by atomic mass is 9.95. The van der Waals surface area contributed by atoms with E-state index in [0.717, 1.165) is 46.7 Å². The summed E-state index contributed by atoms with van der Waals surface area (Å²) in [6.07, 6.45) is 5.71. The fourth-order valence-corrected chi connectivity index (χ4v) is 4.10. The van der Waals surface area contributed by atoms with Gasteiger partial charge in [-0.3, -0.25) is 4.79 Å². The summed E-state index contributed by atoms with van der Waals surface area (Å²) in [5.41, 5.74) is 5.37. The van der Waals surface area contributed by atoms with E-state index in [1.54, 1.807) is 11.8 Å². The van der Waals surface area contributed by atoms with Crippen molar-refractivity contribution < 1.29 is 9.53 Å². The molecule has 2 aromatic carbocycles. The zero-order chi connectivity index (χ0) is 21.1. The van der Waals surface area contributed by atoms with Crippen molar-refractivity contribution in [1.29, 1.82) is 0 Å². The van der Waals surface area contributed by atoms with E-state index in [0.29, 0.717) is 5.69 Å². The molecular weight excluding hydrogens is 374 g/mol. The number of nitrogens with one attached hydrogen (secondary N) is 1. The second-order valence-electron chi connectivity index (χ2n) is 8.16. The second kappa shape index (κ2) is 8.74. The predicted molar refractivity (Wildman–Crippen MR) is 119 cm³/mol. The number of hydrogen-bond donors (Lipinski definition) is 1. The smallest absolute Gasteiger partial charge is 0.270 e. The molecule has 1 saturated carbocycles. The van der Waals surface area contributed by atoms with Gasteiger partial charge < -0.3 is 10.1 Å². The molecule has 1 amide bonds. The van der Waals surface area contributed by atoms with Crippen LogP contribution in [-0.4, -0.2) is 28.8 Å². The third kappa shape index (κ3) is 4.25. The Bertz CT molecular complexity index is 1050. The monoisotopic (exact) mass is 403 g/mol. The third-order valence-corrected chi connectivity index (χ3v) is 5.84. The van der Waals surface area contributed by atoms with Gasteiger partial charge in [-0.05, 0) is 62.1 Å². The molecule has 30 heavy (non-hydrogen) atoms. The van der Waals surface area contributed by atoms with Crippen LogP contribution in [0, 0.1) is 13.8 Å². The Morgan fingerprint density at radius 2 is 1.87 bits per heavy atom. The van der Waals surface area contributed by atoms with Crippen molar-refractivity contribution in [3.63, 3.8) is 0 Å². The Morgan fingerprint density at radius 3 is 2.63 bits per heavy atom. The molecule has 4 rings (SSSR count). The van der Waals surface area contributed by atoms with Crippen molar-refractivity contribution in [2.45, 2.75) is 52.0 Å². The van der Waals surface area contributed by atoms with Gasteiger partial charge in [0.05, 0.1) is 18.5 Å². The number of benzene rings is 2. The highest BCUT2D eigenvalue weighted by Gasteiger charge is 2.22. The van der Waals surface area contributed by atoms with E-state index in [1.807, 2.05) is 37.3 Å². The Kier molecular flexibility index (Phi) is 5.88. The van der Waals surface area contributed by atoms with Crippen LogP contribution in [-0.2, 0) is 0 Å². The molecule has 1 N–H and O–H groups in total. The molecule has 0 bridgehead atoms. The maximum Gasteiger partial charge on any atom is 0.270 e. The molecule has 156 valence electrons. The molecule has 5 nitrogen and oxygen atoms in total. The highest BCUT2D eigenvalue weighted by atomic mass is 16.5. The number of carbonyl (C=O) groups excluding carboxylic acids is 1. The van der Waals surface area contributed by atoms with Crippen LogP contribution >= 0.6 is 0 Å². The molecule has 0 spiro atoms. The molecule has 1 heterocycles. The summed E-state index contributed by atoms with van der Waals surface area (Å²) in [5.74, 6) is 0.700. The van der Waals surface area contributed by atoms with E-state index >= 15 is 0 Å². The minimum atomic E-state index is -0.0653. The Balaban J connectivity index is 1.77. The van der Waals surface area contributed by atoms with Crippen LogP contribution in [0.4, 0.5) is 0 Å². The van der Waals surface area contributed by atoms with Gasteiger partial charge in [0.2, 0.25) is 0 Å². The number of carbonyl (C=O) groups is 1. The quantitative estimate of drug-likeness (QED) is 0.635. The van der Waals surface area contributed by atoms with Crippen molar-refractivity contribution in [2.24, 2.45) is 0 Å². The molecular formula is C25H29N3O2. The Hall–Kier alpha value is -3.08. The van der Waals surface area contributed by atoms with Crippen molar-refractivity contribution in [1.82, 2.24) is 15.1 Å². The van der Waals surface area contributed by atoms with Gasteiger partial charge in [-0.2, -0.15) is 5.10 Å². The molecule has 1 fully saturated rings. The molecule has 1 aliphatic carbocycles. The number of rotatable bonds is 5. The summed E-state index contributed by atoms with van der Waals surface area (Å²) in [6, 6.07) is 16.1. The van der Waals surface area contributed by atoms with Crippen molar-refractivity contribution in [2.75, 3.05) is 7.11 Å². The molecule has 0 atom stereocenters. The molecule has 1 aromatic heterocycles. The normalized spacial score (nSPS) is 14.5. The van der Waals surface area contributed by atoms with Crippen molar-refractivity contribution in [3.8, 4) is 22.7 Å². The zero-order valence-corrected chi connectivity index (χ0v) is 17.9. The predicted octanol–water partition coefficient (Wildman–Crippen LogP) is 5.23. The van der Waals surface area contributed by atoms with E-state index < -0.39 is 0 Å². The summed E-state index contributed by atoms with van der Waals surface area (Å²) < 4.78 is 7.15. The first kappa shape index (κ1) is 20.2. The lowest BCUT2D eigenvalue weighted by molar-refractivity contribution is 0.0920. The van der Waals surface area contributed by atoms with Gasteiger partial charge in [-0.25, -0.2) is 4.68 Å². The lowest BCUT2D eigenvalue weighted by Gasteiger charge is -2.23. The topological polar surface area (TPSA) is 56.1 Å². The Labute approximate surface area is 178 Å². The van der Waals surface area contributed by atoms with Gasteiger partial charge in [0, 0.05) is 11.6 Å². The minimum Gasteiger partial charge on any atom is -0.497 e. The highest BCUT2D eigenvalue weighted by molar-refractivity contribution is 5.94. The second-order valence-corrected chi connectivity index (χ2v) is 8.16. The fraction of sp³-hybridized carbons (Fsp3) is 0.360. The molecule has 0 saturated heterocycles. The van der Waals surface area contributed by atoms with Crippen LogP contribution < -0.4 is 10.1 Å². The fourth-order valence-electron chi connectivity index (χ4n) is 4.10. The largest absolute Gasteiger partial charge is 0.497 e. The van der Waals surface area contributed by atoms with Crippen LogP contribution in [0.25, 0.3) is 16.9 Å². The van der Waals surface area contributed by atoms with Crippen molar-refractivity contribution >= 4 is 5.91 Å². The molecule has 0 aliphatic heterocycles. The third-order valence-electron chi connectivity index (χ3n) is 5.84. The first-order valence-electron chi connectivity index (χ1n) is 10.7. The number of aryl methyl sites for hydroxylation is 2. The van der Waals surface area contributed by atoms with E-state index in [4.69, 9.17) is 9.84 Å². The molecule has 5 heteroatoms. The van der Waals surface area contributed by atoms with E-state index in [1.165, 1.54) is 19.3 Å². The van der Waals surface area contributed by atoms with Gasteiger partial charge in [-0.15, -0.1) is 0 Å². The summed E-state index contributed by atoms with van der Waals surface area (Å²) in [6.45, 7) is 4.10. The summed E-state index contributed by atoms with van der Waals surface area (Å²) in [7, 11) is 1.65. The number of nitrogens with zero attached hydrogens (tertiary/aromatic N) is 2. The molecule has 0 unspecified atom stereocenters. The van der Waals surface area contributed by atoms with Crippen LogP contribution in [0.2, 0.25) is 0 Å². The summed E-state index contributed by atoms with van der Waals surface area (Å²) in [4.78, 5) is 13.3. The highest BCUT2D eigenvalue weighted by Crippen LogP contribution is 2.27. The first-order valence-corrected chi connectivity index (χ1v) is 10.7. The van der Waals surface area contributed by atoms with E-state index in [9.17, 15) is 4.79 Å². The van der Waals surface area contributed by atoms with Crippen LogP contribution in [0.5, 0.6) is 5.75 Å². The van der Waals surface area contributed by atoms with Crippen LogP contribution in [0.15, 0.2) is 48.5 Å². The standard InChI is InChI=1S/C25H29N3O2/c1-17-12-13-18(2)23(14-17)28-24(25(29)26-20-9-5-4-6-10-20)16-22(27-28)19-8-7-11-21(15-19)30-3/h7-8,11-16,20H,4-6,9-10H2,1-3H3,(H,26,29). The van der Waals surface area contributed by atoms with Crippen molar-refractivity contribution in [3.05, 3.63) is 65.4 Å². The first-order chi connectivity index (χ1) is 14.5. The zero-order valence-electron chi connectivity index (χ0n) is 17.9. The SMILES string of the molecule is COc1cccc(-c2cc(C(=O)NC3CCCCC3)n(-c3cc(C)ccc3C)n2)c1. The summed E-state index contributed by atoms with van der Waals surface area (Å²) >= 11 is 0. The van der Waals surface area contributed by atoms with Gasteiger partial charge in [-0.1, -0.05) is 43.5 Å². The number of amides is 1. The average molecular weight is 404 g/mol. The number of ether oxygens (including phenoxy) is 1. The van der Waals surface area contributed by atoms with E-state index in [-0.39, 0.29) is 11.9 Å². The molecule has 0 radical (unpaired) electrons. The van der Waals surface area contributed by atoms with E-state index in [2.05, 4.69) is 30.4 Å². The number of methoxy groups -OCH3 is 1. The molecule has 3 aromatic rings. The van der Waals surface area contributed by atoms with Crippen LogP contribution in [0.1, 0.15) is 53.7 Å². The van der Waals surface area contributed by atoms with Gasteiger partial charge in [0.15, 0.2) is 0 Å². The lowest BCUT2D eigenvalue weighted by Crippen LogP contribution is -2.37. The number of aromatic nitrogens is 2. The maximum atomic E-state index is 13.3. The Morgan fingerprint density at radius 1 is 1.07 bits per heavy atom. The average Bonchev–Trinajstić information content (AvgIpc) is 3.22. The van der Waals surface area contributed by atoms with Crippen LogP contribution in [0.3, 0.4) is 0 Å². The maximum absolute atomic E-state index is 13.3. The number of hydrogen-bond acceptors (Lipinski definition) is 3. The minimum absolute atomic E-state index is 0.0653. The summed E-state index contributed by atoms with van der Waals surface area (Å²) in [5, 5.41) is 8.08. The van der Waals surface area contributed by atoms with Gasteiger partial charge >= 0.3 is 0 Å².